The third kappa shape index (κ3) is 3.89. The first-order valence-electron chi connectivity index (χ1n) is 7.15. The van der Waals surface area contributed by atoms with Gasteiger partial charge < -0.3 is 4.90 Å². The summed E-state index contributed by atoms with van der Waals surface area (Å²) in [6.07, 6.45) is 7.49. The second-order valence-electron chi connectivity index (χ2n) is 5.44. The largest absolute Gasteiger partial charge is 0.367 e. The number of anilines is 1. The maximum absolute atomic E-state index is 11.5. The highest BCUT2D eigenvalue weighted by molar-refractivity contribution is 7.90. The van der Waals surface area contributed by atoms with Crippen molar-refractivity contribution in [2.75, 3.05) is 23.6 Å². The van der Waals surface area contributed by atoms with E-state index in [2.05, 4.69) is 4.90 Å². The molecular weight excluding hydrogens is 294 g/mol. The lowest BCUT2D eigenvalue weighted by molar-refractivity contribution is 0.418. The molecule has 2 rings (SSSR count). The number of halogens is 1. The quantitative estimate of drug-likeness (QED) is 0.781. The van der Waals surface area contributed by atoms with Crippen molar-refractivity contribution in [2.24, 2.45) is 0 Å². The van der Waals surface area contributed by atoms with Crippen molar-refractivity contribution in [1.82, 2.24) is 0 Å². The van der Waals surface area contributed by atoms with Crippen LogP contribution in [-0.2, 0) is 9.84 Å². The summed E-state index contributed by atoms with van der Waals surface area (Å²) in [5.74, 6) is 0.588. The van der Waals surface area contributed by atoms with Gasteiger partial charge in [0.2, 0.25) is 0 Å². The normalized spacial score (nSPS) is 17.1. The summed E-state index contributed by atoms with van der Waals surface area (Å²) in [4.78, 5) is 2.70. The van der Waals surface area contributed by atoms with E-state index in [0.717, 1.165) is 12.2 Å². The highest BCUT2D eigenvalue weighted by Crippen LogP contribution is 2.28. The van der Waals surface area contributed by atoms with Crippen molar-refractivity contribution < 1.29 is 8.42 Å². The molecule has 5 heteroatoms. The number of hydrogen-bond acceptors (Lipinski definition) is 3. The lowest BCUT2D eigenvalue weighted by atomic mass is 9.94. The number of rotatable bonds is 5. The molecule has 0 radical (unpaired) electrons. The van der Waals surface area contributed by atoms with E-state index in [1.807, 2.05) is 12.1 Å². The lowest BCUT2D eigenvalue weighted by Crippen LogP contribution is -2.38. The second kappa shape index (κ2) is 6.81. The molecule has 1 aromatic carbocycles. The van der Waals surface area contributed by atoms with Gasteiger partial charge in [-0.05, 0) is 37.1 Å². The van der Waals surface area contributed by atoms with E-state index < -0.39 is 9.84 Å². The average Bonchev–Trinajstić information content (AvgIpc) is 2.45. The fourth-order valence-electron chi connectivity index (χ4n) is 2.89. The van der Waals surface area contributed by atoms with Crippen molar-refractivity contribution in [3.05, 3.63) is 24.3 Å². The van der Waals surface area contributed by atoms with Gasteiger partial charge in [-0.1, -0.05) is 19.3 Å². The highest BCUT2D eigenvalue weighted by atomic mass is 35.5. The molecule has 112 valence electrons. The van der Waals surface area contributed by atoms with Crippen molar-refractivity contribution in [3.63, 3.8) is 0 Å². The fraction of sp³-hybridized carbons (Fsp3) is 0.600. The van der Waals surface area contributed by atoms with E-state index in [1.54, 1.807) is 12.1 Å². The molecule has 1 aromatic rings. The number of hydrogen-bond donors (Lipinski definition) is 0. The Kier molecular flexibility index (Phi) is 5.33. The Morgan fingerprint density at radius 1 is 1.15 bits per heavy atom. The Balaban J connectivity index is 2.20. The van der Waals surface area contributed by atoms with E-state index >= 15 is 0 Å². The zero-order valence-corrected chi connectivity index (χ0v) is 13.5. The summed E-state index contributed by atoms with van der Waals surface area (Å²) in [7, 11) is -3.13. The molecule has 0 bridgehead atoms. The molecule has 0 aromatic heterocycles. The van der Waals surface area contributed by atoms with Gasteiger partial charge in [0.05, 0.1) is 4.90 Å². The molecular formula is C15H22ClNO2S. The van der Waals surface area contributed by atoms with Gasteiger partial charge >= 0.3 is 0 Å². The van der Waals surface area contributed by atoms with Crippen LogP contribution in [-0.4, -0.2) is 33.1 Å². The Morgan fingerprint density at radius 3 is 2.25 bits per heavy atom. The van der Waals surface area contributed by atoms with Crippen molar-refractivity contribution >= 4 is 27.1 Å². The maximum atomic E-state index is 11.5. The molecule has 3 nitrogen and oxygen atoms in total. The van der Waals surface area contributed by atoms with E-state index in [9.17, 15) is 8.42 Å². The molecule has 1 saturated carbocycles. The molecule has 1 aliphatic carbocycles. The van der Waals surface area contributed by atoms with Crippen LogP contribution in [0, 0.1) is 0 Å². The smallest absolute Gasteiger partial charge is 0.175 e. The highest BCUT2D eigenvalue weighted by Gasteiger charge is 2.21. The SMILES string of the molecule is CS(=O)(=O)c1ccc(N(CCCl)C2CCCCC2)cc1. The molecule has 0 spiro atoms. The second-order valence-corrected chi connectivity index (χ2v) is 7.83. The molecule has 0 amide bonds. The molecule has 20 heavy (non-hydrogen) atoms. The Morgan fingerprint density at radius 2 is 1.75 bits per heavy atom. The minimum Gasteiger partial charge on any atom is -0.367 e. The number of benzene rings is 1. The first-order valence-corrected chi connectivity index (χ1v) is 9.57. The summed E-state index contributed by atoms with van der Waals surface area (Å²) in [6, 6.07) is 7.71. The fourth-order valence-corrected chi connectivity index (χ4v) is 3.70. The predicted octanol–water partition coefficient (Wildman–Crippen LogP) is 3.47. The van der Waals surface area contributed by atoms with Gasteiger partial charge in [0.25, 0.3) is 0 Å². The monoisotopic (exact) mass is 315 g/mol. The molecule has 0 atom stereocenters. The van der Waals surface area contributed by atoms with Crippen LogP contribution in [0.4, 0.5) is 5.69 Å². The van der Waals surface area contributed by atoms with Gasteiger partial charge in [0.1, 0.15) is 0 Å². The number of sulfone groups is 1. The molecule has 0 aliphatic heterocycles. The first-order chi connectivity index (χ1) is 9.52. The van der Waals surface area contributed by atoms with Crippen LogP contribution in [0.2, 0.25) is 0 Å². The van der Waals surface area contributed by atoms with Gasteiger partial charge in [0.15, 0.2) is 9.84 Å². The molecule has 0 saturated heterocycles. The van der Waals surface area contributed by atoms with Crippen LogP contribution in [0.25, 0.3) is 0 Å². The van der Waals surface area contributed by atoms with Crippen LogP contribution in [0.5, 0.6) is 0 Å². The van der Waals surface area contributed by atoms with Crippen LogP contribution < -0.4 is 4.90 Å². The minimum absolute atomic E-state index is 0.371. The summed E-state index contributed by atoms with van der Waals surface area (Å²) in [5.41, 5.74) is 1.07. The van der Waals surface area contributed by atoms with E-state index in [4.69, 9.17) is 11.6 Å². The molecule has 0 unspecified atom stereocenters. The van der Waals surface area contributed by atoms with Crippen molar-refractivity contribution in [2.45, 2.75) is 43.0 Å². The van der Waals surface area contributed by atoms with Crippen LogP contribution in [0.1, 0.15) is 32.1 Å². The summed E-state index contributed by atoms with van der Waals surface area (Å²) < 4.78 is 23.0. The summed E-state index contributed by atoms with van der Waals surface area (Å²) >= 11 is 5.93. The van der Waals surface area contributed by atoms with Crippen LogP contribution >= 0.6 is 11.6 Å². The molecule has 0 heterocycles. The Hall–Kier alpha value is -0.740. The lowest BCUT2D eigenvalue weighted by Gasteiger charge is -2.36. The molecule has 1 aliphatic rings. The zero-order valence-electron chi connectivity index (χ0n) is 11.9. The predicted molar refractivity (Wildman–Crippen MR) is 84.5 cm³/mol. The number of nitrogens with zero attached hydrogens (tertiary/aromatic N) is 1. The van der Waals surface area contributed by atoms with Crippen LogP contribution in [0.15, 0.2) is 29.2 Å². The zero-order chi connectivity index (χ0) is 14.6. The van der Waals surface area contributed by atoms with Gasteiger partial charge in [-0.15, -0.1) is 11.6 Å². The number of alkyl halides is 1. The van der Waals surface area contributed by atoms with Crippen molar-refractivity contribution in [1.29, 1.82) is 0 Å². The third-order valence-electron chi connectivity index (χ3n) is 3.94. The average molecular weight is 316 g/mol. The van der Waals surface area contributed by atoms with Gasteiger partial charge in [0, 0.05) is 30.4 Å². The minimum atomic E-state index is -3.13. The summed E-state index contributed by atoms with van der Waals surface area (Å²) in [6.45, 7) is 0.810. The van der Waals surface area contributed by atoms with Gasteiger partial charge in [-0.2, -0.15) is 0 Å². The third-order valence-corrected chi connectivity index (χ3v) is 5.23. The van der Waals surface area contributed by atoms with E-state index in [0.29, 0.717) is 16.8 Å². The maximum Gasteiger partial charge on any atom is 0.175 e. The first kappa shape index (κ1) is 15.6. The van der Waals surface area contributed by atoms with Gasteiger partial charge in [-0.25, -0.2) is 8.42 Å². The van der Waals surface area contributed by atoms with E-state index in [-0.39, 0.29) is 0 Å². The van der Waals surface area contributed by atoms with Crippen LogP contribution in [0.3, 0.4) is 0 Å². The topological polar surface area (TPSA) is 37.4 Å². The molecule has 0 N–H and O–H groups in total. The molecule has 1 fully saturated rings. The summed E-state index contributed by atoms with van der Waals surface area (Å²) in [5, 5.41) is 0. The van der Waals surface area contributed by atoms with E-state index in [1.165, 1.54) is 38.4 Å². The van der Waals surface area contributed by atoms with Crippen molar-refractivity contribution in [3.8, 4) is 0 Å². The standard InChI is InChI=1S/C15H22ClNO2S/c1-20(18,19)15-9-7-14(8-10-15)17(12-11-16)13-5-3-2-4-6-13/h7-10,13H,2-6,11-12H2,1H3. The van der Waals surface area contributed by atoms with Gasteiger partial charge in [-0.3, -0.25) is 0 Å². The Labute approximate surface area is 126 Å². The Bertz CT molecular complexity index is 521.